The number of alkyl halides is 2. The van der Waals surface area contributed by atoms with Gasteiger partial charge in [0.05, 0.1) is 0 Å². The fraction of sp³-hybridized carbons (Fsp3) is 1.00. The number of thioether (sulfide) groups is 1. The second-order valence-electron chi connectivity index (χ2n) is 3.87. The lowest BCUT2D eigenvalue weighted by atomic mass is 9.88. The number of hydrogen-bond acceptors (Lipinski definition) is 1. The summed E-state index contributed by atoms with van der Waals surface area (Å²) in [6.45, 7) is 2.15. The molecule has 0 aromatic carbocycles. The van der Waals surface area contributed by atoms with Crippen molar-refractivity contribution in [2.75, 3.05) is 11.5 Å². The third-order valence-corrected chi connectivity index (χ3v) is 3.94. The SMILES string of the molecule is CCCSCC1CCC(F)(F)CC1. The Morgan fingerprint density at radius 3 is 2.46 bits per heavy atom. The summed E-state index contributed by atoms with van der Waals surface area (Å²) in [7, 11) is 0. The summed E-state index contributed by atoms with van der Waals surface area (Å²) in [5.41, 5.74) is 0. The van der Waals surface area contributed by atoms with E-state index in [9.17, 15) is 8.78 Å². The van der Waals surface area contributed by atoms with Gasteiger partial charge in [0.2, 0.25) is 5.92 Å². The summed E-state index contributed by atoms with van der Waals surface area (Å²) in [6, 6.07) is 0. The van der Waals surface area contributed by atoms with Gasteiger partial charge in [-0.25, -0.2) is 8.78 Å². The summed E-state index contributed by atoms with van der Waals surface area (Å²) < 4.78 is 25.5. The second-order valence-corrected chi connectivity index (χ2v) is 5.02. The fourth-order valence-electron chi connectivity index (χ4n) is 1.66. The maximum Gasteiger partial charge on any atom is 0.248 e. The molecule has 1 fully saturated rings. The molecule has 0 saturated heterocycles. The summed E-state index contributed by atoms with van der Waals surface area (Å²) >= 11 is 1.92. The molecule has 0 amide bonds. The Kier molecular flexibility index (Phi) is 4.50. The highest BCUT2D eigenvalue weighted by atomic mass is 32.2. The number of hydrogen-bond donors (Lipinski definition) is 0. The van der Waals surface area contributed by atoms with Crippen LogP contribution in [0.4, 0.5) is 8.78 Å². The Bertz CT molecular complexity index is 138. The maximum absolute atomic E-state index is 12.8. The number of rotatable bonds is 4. The Hall–Kier alpha value is 0.210. The fourth-order valence-corrected chi connectivity index (χ4v) is 2.78. The van der Waals surface area contributed by atoms with E-state index in [1.54, 1.807) is 0 Å². The minimum absolute atomic E-state index is 0.115. The van der Waals surface area contributed by atoms with Crippen molar-refractivity contribution in [3.05, 3.63) is 0 Å². The molecule has 0 aromatic heterocycles. The normalized spacial score (nSPS) is 23.3. The molecule has 13 heavy (non-hydrogen) atoms. The van der Waals surface area contributed by atoms with Gasteiger partial charge in [-0.05, 0) is 36.7 Å². The highest BCUT2D eigenvalue weighted by Crippen LogP contribution is 2.37. The van der Waals surface area contributed by atoms with Crippen molar-refractivity contribution < 1.29 is 8.78 Å². The Morgan fingerprint density at radius 2 is 1.92 bits per heavy atom. The van der Waals surface area contributed by atoms with E-state index in [0.717, 1.165) is 18.6 Å². The summed E-state index contributed by atoms with van der Waals surface area (Å²) in [4.78, 5) is 0. The monoisotopic (exact) mass is 208 g/mol. The van der Waals surface area contributed by atoms with Crippen molar-refractivity contribution in [2.24, 2.45) is 5.92 Å². The van der Waals surface area contributed by atoms with Crippen LogP contribution in [0.15, 0.2) is 0 Å². The van der Waals surface area contributed by atoms with Gasteiger partial charge in [-0.2, -0.15) is 11.8 Å². The van der Waals surface area contributed by atoms with Gasteiger partial charge in [0.1, 0.15) is 0 Å². The highest BCUT2D eigenvalue weighted by Gasteiger charge is 2.34. The summed E-state index contributed by atoms with van der Waals surface area (Å²) in [5.74, 6) is 0.458. The highest BCUT2D eigenvalue weighted by molar-refractivity contribution is 7.99. The minimum Gasteiger partial charge on any atom is -0.207 e. The zero-order chi connectivity index (χ0) is 9.73. The largest absolute Gasteiger partial charge is 0.248 e. The molecule has 0 radical (unpaired) electrons. The van der Waals surface area contributed by atoms with E-state index in [2.05, 4.69) is 6.92 Å². The lowest BCUT2D eigenvalue weighted by Gasteiger charge is -2.27. The Balaban J connectivity index is 2.11. The van der Waals surface area contributed by atoms with Crippen LogP contribution >= 0.6 is 11.8 Å². The van der Waals surface area contributed by atoms with Crippen LogP contribution in [-0.2, 0) is 0 Å². The van der Waals surface area contributed by atoms with Gasteiger partial charge in [-0.1, -0.05) is 6.92 Å². The molecule has 0 unspecified atom stereocenters. The van der Waals surface area contributed by atoms with Crippen LogP contribution in [0.2, 0.25) is 0 Å². The smallest absolute Gasteiger partial charge is 0.207 e. The molecule has 0 heterocycles. The van der Waals surface area contributed by atoms with E-state index in [1.165, 1.54) is 12.2 Å². The molecule has 1 saturated carbocycles. The van der Waals surface area contributed by atoms with Crippen LogP contribution in [0.25, 0.3) is 0 Å². The van der Waals surface area contributed by atoms with Gasteiger partial charge in [0.25, 0.3) is 0 Å². The molecule has 0 N–H and O–H groups in total. The van der Waals surface area contributed by atoms with Crippen LogP contribution in [0, 0.1) is 5.92 Å². The molecule has 0 aromatic rings. The first kappa shape index (κ1) is 11.3. The minimum atomic E-state index is -2.36. The standard InChI is InChI=1S/C10H18F2S/c1-2-7-13-8-9-3-5-10(11,12)6-4-9/h9H,2-8H2,1H3. The van der Waals surface area contributed by atoms with Gasteiger partial charge < -0.3 is 0 Å². The van der Waals surface area contributed by atoms with Crippen molar-refractivity contribution in [1.82, 2.24) is 0 Å². The molecular formula is C10H18F2S. The van der Waals surface area contributed by atoms with Crippen LogP contribution in [0.1, 0.15) is 39.0 Å². The molecule has 0 nitrogen and oxygen atoms in total. The third-order valence-electron chi connectivity index (χ3n) is 2.54. The molecule has 1 aliphatic carbocycles. The van der Waals surface area contributed by atoms with E-state index in [0.29, 0.717) is 5.92 Å². The first-order valence-electron chi connectivity index (χ1n) is 5.09. The van der Waals surface area contributed by atoms with Crippen molar-refractivity contribution in [3.8, 4) is 0 Å². The molecule has 0 spiro atoms. The van der Waals surface area contributed by atoms with Crippen molar-refractivity contribution in [2.45, 2.75) is 45.0 Å². The van der Waals surface area contributed by atoms with Gasteiger partial charge in [0.15, 0.2) is 0 Å². The van der Waals surface area contributed by atoms with Gasteiger partial charge in [0, 0.05) is 12.8 Å². The topological polar surface area (TPSA) is 0 Å². The summed E-state index contributed by atoms with van der Waals surface area (Å²) in [5, 5.41) is 0. The van der Waals surface area contributed by atoms with E-state index >= 15 is 0 Å². The van der Waals surface area contributed by atoms with Crippen molar-refractivity contribution >= 4 is 11.8 Å². The maximum atomic E-state index is 12.8. The Labute approximate surface area is 83.5 Å². The zero-order valence-electron chi connectivity index (χ0n) is 8.19. The van der Waals surface area contributed by atoms with Crippen molar-refractivity contribution in [3.63, 3.8) is 0 Å². The van der Waals surface area contributed by atoms with E-state index in [1.807, 2.05) is 11.8 Å². The molecule has 0 aliphatic heterocycles. The second kappa shape index (κ2) is 5.18. The lowest BCUT2D eigenvalue weighted by Crippen LogP contribution is -2.25. The van der Waals surface area contributed by atoms with Crippen LogP contribution in [0.3, 0.4) is 0 Å². The molecule has 78 valence electrons. The number of halogens is 2. The zero-order valence-corrected chi connectivity index (χ0v) is 9.01. The van der Waals surface area contributed by atoms with E-state index in [-0.39, 0.29) is 12.8 Å². The lowest BCUT2D eigenvalue weighted by molar-refractivity contribution is -0.0433. The third kappa shape index (κ3) is 4.30. The first-order valence-corrected chi connectivity index (χ1v) is 6.25. The van der Waals surface area contributed by atoms with Crippen LogP contribution in [-0.4, -0.2) is 17.4 Å². The molecule has 0 bridgehead atoms. The van der Waals surface area contributed by atoms with Gasteiger partial charge in [-0.15, -0.1) is 0 Å². The van der Waals surface area contributed by atoms with E-state index in [4.69, 9.17) is 0 Å². The van der Waals surface area contributed by atoms with Gasteiger partial charge >= 0.3 is 0 Å². The quantitative estimate of drug-likeness (QED) is 0.630. The average molecular weight is 208 g/mol. The molecule has 1 rings (SSSR count). The van der Waals surface area contributed by atoms with Crippen molar-refractivity contribution in [1.29, 1.82) is 0 Å². The van der Waals surface area contributed by atoms with E-state index < -0.39 is 5.92 Å². The van der Waals surface area contributed by atoms with Crippen LogP contribution < -0.4 is 0 Å². The predicted molar refractivity (Wildman–Crippen MR) is 54.5 cm³/mol. The van der Waals surface area contributed by atoms with Gasteiger partial charge in [-0.3, -0.25) is 0 Å². The molecule has 3 heteroatoms. The van der Waals surface area contributed by atoms with Crippen LogP contribution in [0.5, 0.6) is 0 Å². The Morgan fingerprint density at radius 1 is 1.31 bits per heavy atom. The molecular weight excluding hydrogens is 190 g/mol. The molecule has 1 aliphatic rings. The molecule has 0 atom stereocenters. The average Bonchev–Trinajstić information content (AvgIpc) is 2.08. The predicted octanol–water partition coefficient (Wildman–Crippen LogP) is 3.96. The summed E-state index contributed by atoms with van der Waals surface area (Å²) in [6.07, 6.45) is 2.87. The first-order chi connectivity index (χ1) is 6.14.